The highest BCUT2D eigenvalue weighted by molar-refractivity contribution is 5.94. The van der Waals surface area contributed by atoms with E-state index in [0.29, 0.717) is 17.7 Å². The van der Waals surface area contributed by atoms with Gasteiger partial charge in [0.1, 0.15) is 6.61 Å². The third kappa shape index (κ3) is 3.24. The lowest BCUT2D eigenvalue weighted by Gasteiger charge is -2.39. The molecule has 29 heavy (non-hydrogen) atoms. The summed E-state index contributed by atoms with van der Waals surface area (Å²) in [4.78, 5) is 16.4. The van der Waals surface area contributed by atoms with Gasteiger partial charge in [-0.05, 0) is 36.5 Å². The molecule has 2 aliphatic rings. The summed E-state index contributed by atoms with van der Waals surface area (Å²) in [5.74, 6) is 0.736. The van der Waals surface area contributed by atoms with E-state index in [-0.39, 0.29) is 29.3 Å². The summed E-state index contributed by atoms with van der Waals surface area (Å²) >= 11 is 0. The highest BCUT2D eigenvalue weighted by Crippen LogP contribution is 2.48. The molecule has 0 saturated heterocycles. The Morgan fingerprint density at radius 1 is 1.10 bits per heavy atom. The van der Waals surface area contributed by atoms with E-state index in [2.05, 4.69) is 9.88 Å². The van der Waals surface area contributed by atoms with Gasteiger partial charge in [0.2, 0.25) is 5.56 Å². The maximum atomic E-state index is 13.7. The van der Waals surface area contributed by atoms with Crippen LogP contribution in [0.4, 0.5) is 18.9 Å². The number of aromatic nitrogens is 1. The molecule has 4 nitrogen and oxygen atoms in total. The fourth-order valence-corrected chi connectivity index (χ4v) is 4.09. The SMILES string of the molecule is O=c1cc(C(F)(F)F)c2c3c(ccc2[nH]1)N(CC1CC1)[C@H](c1ccccc1)CO3. The standard InChI is InChI=1S/C22H19F3N2O2/c23-22(24,25)15-10-19(28)26-16-8-9-17-21(20(15)16)29-12-18(14-4-2-1-3-5-14)27(17)11-13-6-7-13/h1-5,8-10,13,18H,6-7,11-12H2,(H,26,28)/t18-/m0/s1. The number of benzene rings is 2. The van der Waals surface area contributed by atoms with Crippen molar-refractivity contribution in [3.8, 4) is 5.75 Å². The second-order valence-electron chi connectivity index (χ2n) is 7.71. The molecule has 2 heterocycles. The number of anilines is 1. The largest absolute Gasteiger partial charge is 0.488 e. The third-order valence-electron chi connectivity index (χ3n) is 5.65. The highest BCUT2D eigenvalue weighted by Gasteiger charge is 2.39. The van der Waals surface area contributed by atoms with Crippen LogP contribution in [0.1, 0.15) is 30.0 Å². The van der Waals surface area contributed by atoms with Crippen LogP contribution < -0.4 is 15.2 Å². The monoisotopic (exact) mass is 400 g/mol. The molecule has 0 amide bonds. The molecule has 150 valence electrons. The summed E-state index contributed by atoms with van der Waals surface area (Å²) in [5.41, 5.74) is 0.0989. The molecule has 1 atom stereocenters. The zero-order valence-corrected chi connectivity index (χ0v) is 15.5. The number of rotatable bonds is 3. The number of nitrogens with one attached hydrogen (secondary N) is 1. The molecular formula is C22H19F3N2O2. The number of ether oxygens (including phenoxy) is 1. The molecule has 1 saturated carbocycles. The van der Waals surface area contributed by atoms with Gasteiger partial charge in [0.05, 0.1) is 28.2 Å². The molecule has 0 bridgehead atoms. The molecule has 1 aliphatic carbocycles. The van der Waals surface area contributed by atoms with Gasteiger partial charge in [-0.1, -0.05) is 30.3 Å². The Morgan fingerprint density at radius 3 is 2.55 bits per heavy atom. The summed E-state index contributed by atoms with van der Waals surface area (Å²) in [5, 5.41) is -0.0816. The second-order valence-corrected chi connectivity index (χ2v) is 7.71. The molecule has 0 unspecified atom stereocenters. The first-order valence-corrected chi connectivity index (χ1v) is 9.63. The van der Waals surface area contributed by atoms with Crippen molar-refractivity contribution in [3.05, 3.63) is 70.0 Å². The van der Waals surface area contributed by atoms with Crippen LogP contribution in [-0.2, 0) is 6.18 Å². The van der Waals surface area contributed by atoms with Crippen LogP contribution in [0, 0.1) is 5.92 Å². The molecule has 0 spiro atoms. The zero-order valence-electron chi connectivity index (χ0n) is 15.5. The van der Waals surface area contributed by atoms with E-state index in [0.717, 1.165) is 24.9 Å². The first-order valence-electron chi connectivity index (χ1n) is 9.63. The average molecular weight is 400 g/mol. The van der Waals surface area contributed by atoms with Gasteiger partial charge in [-0.15, -0.1) is 0 Å². The molecule has 1 fully saturated rings. The van der Waals surface area contributed by atoms with Crippen molar-refractivity contribution >= 4 is 16.6 Å². The van der Waals surface area contributed by atoms with E-state index in [4.69, 9.17) is 4.74 Å². The average Bonchev–Trinajstić information content (AvgIpc) is 3.51. The molecule has 1 N–H and O–H groups in total. The number of H-pyrrole nitrogens is 1. The lowest BCUT2D eigenvalue weighted by molar-refractivity contribution is -0.136. The third-order valence-corrected chi connectivity index (χ3v) is 5.65. The summed E-state index contributed by atoms with van der Waals surface area (Å²) in [6.45, 7) is 1.02. The molecule has 1 aromatic heterocycles. The minimum atomic E-state index is -4.65. The van der Waals surface area contributed by atoms with Crippen LogP contribution in [0.5, 0.6) is 5.75 Å². The summed E-state index contributed by atoms with van der Waals surface area (Å²) in [6, 6.07) is 13.7. The number of alkyl halides is 3. The van der Waals surface area contributed by atoms with Gasteiger partial charge in [0, 0.05) is 12.6 Å². The van der Waals surface area contributed by atoms with Gasteiger partial charge in [-0.3, -0.25) is 4.79 Å². The maximum absolute atomic E-state index is 13.7. The van der Waals surface area contributed by atoms with Crippen molar-refractivity contribution in [2.45, 2.75) is 25.1 Å². The first-order chi connectivity index (χ1) is 13.9. The van der Waals surface area contributed by atoms with Crippen LogP contribution in [0.3, 0.4) is 0 Å². The van der Waals surface area contributed by atoms with E-state index in [1.165, 1.54) is 0 Å². The van der Waals surface area contributed by atoms with Gasteiger partial charge < -0.3 is 14.6 Å². The Bertz CT molecular complexity index is 1120. The smallest absolute Gasteiger partial charge is 0.417 e. The molecular weight excluding hydrogens is 381 g/mol. The summed E-state index contributed by atoms with van der Waals surface area (Å²) in [7, 11) is 0. The Morgan fingerprint density at radius 2 is 1.86 bits per heavy atom. The number of nitrogens with zero attached hydrogens (tertiary/aromatic N) is 1. The van der Waals surface area contributed by atoms with Gasteiger partial charge in [0.25, 0.3) is 0 Å². The minimum absolute atomic E-state index is 0.0705. The van der Waals surface area contributed by atoms with Gasteiger partial charge in [0.15, 0.2) is 5.75 Å². The Hall–Kier alpha value is -2.96. The van der Waals surface area contributed by atoms with E-state index in [9.17, 15) is 18.0 Å². The van der Waals surface area contributed by atoms with E-state index in [1.54, 1.807) is 12.1 Å². The Balaban J connectivity index is 1.71. The Kier molecular flexibility index (Phi) is 4.08. The highest BCUT2D eigenvalue weighted by atomic mass is 19.4. The van der Waals surface area contributed by atoms with Crippen molar-refractivity contribution in [3.63, 3.8) is 0 Å². The number of hydrogen-bond acceptors (Lipinski definition) is 3. The van der Waals surface area contributed by atoms with Crippen molar-refractivity contribution in [1.82, 2.24) is 4.98 Å². The number of fused-ring (bicyclic) bond motifs is 3. The van der Waals surface area contributed by atoms with Gasteiger partial charge in [-0.25, -0.2) is 0 Å². The Labute approximate surface area is 164 Å². The van der Waals surface area contributed by atoms with Crippen molar-refractivity contribution in [2.75, 3.05) is 18.1 Å². The van der Waals surface area contributed by atoms with Gasteiger partial charge >= 0.3 is 6.18 Å². The zero-order chi connectivity index (χ0) is 20.2. The first kappa shape index (κ1) is 18.1. The normalized spacial score (nSPS) is 19.1. The van der Waals surface area contributed by atoms with E-state index in [1.807, 2.05) is 30.3 Å². The predicted molar refractivity (Wildman–Crippen MR) is 104 cm³/mol. The molecule has 2 aromatic carbocycles. The minimum Gasteiger partial charge on any atom is -0.488 e. The molecule has 3 aromatic rings. The van der Waals surface area contributed by atoms with E-state index >= 15 is 0 Å². The van der Waals surface area contributed by atoms with Crippen LogP contribution in [0.2, 0.25) is 0 Å². The number of halogens is 3. The maximum Gasteiger partial charge on any atom is 0.417 e. The van der Waals surface area contributed by atoms with Crippen LogP contribution in [0.15, 0.2) is 53.3 Å². The van der Waals surface area contributed by atoms with Crippen LogP contribution in [0.25, 0.3) is 10.9 Å². The second kappa shape index (κ2) is 6.54. The number of pyridine rings is 1. The molecule has 0 radical (unpaired) electrons. The molecule has 1 aliphatic heterocycles. The molecule has 7 heteroatoms. The quantitative estimate of drug-likeness (QED) is 0.680. The number of hydrogen-bond donors (Lipinski definition) is 1. The van der Waals surface area contributed by atoms with Gasteiger partial charge in [-0.2, -0.15) is 13.2 Å². The topological polar surface area (TPSA) is 45.3 Å². The van der Waals surface area contributed by atoms with Crippen LogP contribution >= 0.6 is 0 Å². The van der Waals surface area contributed by atoms with Crippen molar-refractivity contribution in [1.29, 1.82) is 0 Å². The fraction of sp³-hybridized carbons (Fsp3) is 0.318. The van der Waals surface area contributed by atoms with E-state index < -0.39 is 17.3 Å². The summed E-state index contributed by atoms with van der Waals surface area (Å²) < 4.78 is 47.1. The molecule has 5 rings (SSSR count). The van der Waals surface area contributed by atoms with Crippen molar-refractivity contribution in [2.24, 2.45) is 5.92 Å². The lowest BCUT2D eigenvalue weighted by atomic mass is 9.99. The lowest BCUT2D eigenvalue weighted by Crippen LogP contribution is -2.38. The van der Waals surface area contributed by atoms with Crippen molar-refractivity contribution < 1.29 is 17.9 Å². The summed E-state index contributed by atoms with van der Waals surface area (Å²) in [6.07, 6.45) is -2.39. The van der Waals surface area contributed by atoms with Crippen LogP contribution in [-0.4, -0.2) is 18.1 Å². The number of aromatic amines is 1. The predicted octanol–water partition coefficient (Wildman–Crippen LogP) is 4.90. The fourth-order valence-electron chi connectivity index (χ4n) is 4.09.